The van der Waals surface area contributed by atoms with Crippen molar-refractivity contribution in [3.8, 4) is 5.75 Å². The second-order valence-electron chi connectivity index (χ2n) is 5.60. The lowest BCUT2D eigenvalue weighted by Crippen LogP contribution is -2.31. The fraction of sp³-hybridized carbons (Fsp3) is 0.176. The molecule has 2 amide bonds. The van der Waals surface area contributed by atoms with Gasteiger partial charge in [0, 0.05) is 11.6 Å². The van der Waals surface area contributed by atoms with Gasteiger partial charge in [-0.15, -0.1) is 0 Å². The number of hydrogen-bond donors (Lipinski definition) is 3. The minimum absolute atomic E-state index is 0.157. The van der Waals surface area contributed by atoms with Crippen LogP contribution in [-0.2, 0) is 4.79 Å². The van der Waals surface area contributed by atoms with Crippen molar-refractivity contribution in [1.29, 1.82) is 0 Å². The normalized spacial score (nSPS) is 11.0. The van der Waals surface area contributed by atoms with Gasteiger partial charge in [0.15, 0.2) is 0 Å². The first-order chi connectivity index (χ1) is 11.2. The molecule has 0 saturated heterocycles. The largest absolute Gasteiger partial charge is 0.506 e. The molecular weight excluding hydrogens is 396 g/mol. The Bertz CT molecular complexity index is 773. The van der Waals surface area contributed by atoms with Crippen LogP contribution in [0.5, 0.6) is 5.75 Å². The van der Waals surface area contributed by atoms with E-state index in [0.717, 1.165) is 0 Å². The van der Waals surface area contributed by atoms with Crippen molar-refractivity contribution in [2.24, 2.45) is 0 Å². The van der Waals surface area contributed by atoms with E-state index >= 15 is 0 Å². The van der Waals surface area contributed by atoms with Gasteiger partial charge in [0.1, 0.15) is 5.75 Å². The van der Waals surface area contributed by atoms with Gasteiger partial charge in [-0.25, -0.2) is 0 Å². The molecule has 0 aromatic heterocycles. The number of carbonyl (C=O) groups is 2. The quantitative estimate of drug-likeness (QED) is 0.515. The number of nitrogens with one attached hydrogen (secondary N) is 2. The maximum absolute atomic E-state index is 12.1. The van der Waals surface area contributed by atoms with E-state index < -0.39 is 4.32 Å². The first-order valence-corrected chi connectivity index (χ1v) is 8.25. The lowest BCUT2D eigenvalue weighted by molar-refractivity contribution is -0.117. The van der Waals surface area contributed by atoms with Crippen molar-refractivity contribution in [2.45, 2.75) is 18.2 Å². The number of halogens is 2. The Hall–Kier alpha value is -2.05. The lowest BCUT2D eigenvalue weighted by Gasteiger charge is -2.17. The summed E-state index contributed by atoms with van der Waals surface area (Å²) in [6.45, 7) is 3.37. The number of alkyl halides is 1. The van der Waals surface area contributed by atoms with Gasteiger partial charge in [0.05, 0.1) is 20.7 Å². The molecule has 0 spiro atoms. The van der Waals surface area contributed by atoms with E-state index in [1.54, 1.807) is 44.2 Å². The van der Waals surface area contributed by atoms with Crippen LogP contribution in [0.25, 0.3) is 0 Å². The van der Waals surface area contributed by atoms with Crippen LogP contribution in [0.1, 0.15) is 24.2 Å². The number of carbonyl (C=O) groups excluding carboxylic acids is 2. The van der Waals surface area contributed by atoms with E-state index in [1.165, 1.54) is 12.1 Å². The molecule has 5 nitrogen and oxygen atoms in total. The molecule has 0 aliphatic heterocycles. The second kappa shape index (κ2) is 7.23. The van der Waals surface area contributed by atoms with Gasteiger partial charge in [-0.3, -0.25) is 9.59 Å². The first-order valence-electron chi connectivity index (χ1n) is 7.08. The van der Waals surface area contributed by atoms with Gasteiger partial charge >= 0.3 is 0 Å². The molecule has 0 unspecified atom stereocenters. The van der Waals surface area contributed by atoms with Gasteiger partial charge in [0.25, 0.3) is 5.91 Å². The number of rotatable bonds is 4. The number of benzene rings is 2. The van der Waals surface area contributed by atoms with Crippen LogP contribution in [0.15, 0.2) is 42.5 Å². The van der Waals surface area contributed by atoms with Gasteiger partial charge in [0.2, 0.25) is 5.91 Å². The van der Waals surface area contributed by atoms with Crippen LogP contribution < -0.4 is 10.6 Å². The first kappa shape index (κ1) is 18.3. The molecule has 0 radical (unpaired) electrons. The van der Waals surface area contributed by atoms with E-state index in [1.807, 2.05) is 0 Å². The zero-order valence-electron chi connectivity index (χ0n) is 13.1. The highest BCUT2D eigenvalue weighted by atomic mass is 79.9. The monoisotopic (exact) mass is 410 g/mol. The van der Waals surface area contributed by atoms with E-state index in [9.17, 15) is 14.7 Å². The minimum atomic E-state index is -0.786. The molecule has 0 bridgehead atoms. The molecule has 126 valence electrons. The fourth-order valence-corrected chi connectivity index (χ4v) is 2.12. The molecule has 0 aliphatic rings. The number of anilines is 2. The number of phenolic OH excluding ortho intramolecular Hbond substituents is 1. The summed E-state index contributed by atoms with van der Waals surface area (Å²) in [6.07, 6.45) is 0. The summed E-state index contributed by atoms with van der Waals surface area (Å²) >= 11 is 9.38. The summed E-state index contributed by atoms with van der Waals surface area (Å²) in [5, 5.41) is 15.5. The molecule has 2 aromatic carbocycles. The van der Waals surface area contributed by atoms with E-state index in [-0.39, 0.29) is 34.0 Å². The Morgan fingerprint density at radius 2 is 1.71 bits per heavy atom. The summed E-state index contributed by atoms with van der Waals surface area (Å²) in [4.78, 5) is 24.1. The molecule has 7 heteroatoms. The summed E-state index contributed by atoms with van der Waals surface area (Å²) < 4.78 is -0.786. The maximum Gasteiger partial charge on any atom is 0.255 e. The molecule has 0 saturated carbocycles. The molecular formula is C17H16BrClN2O3. The average Bonchev–Trinajstić information content (AvgIpc) is 2.52. The van der Waals surface area contributed by atoms with Crippen molar-refractivity contribution in [1.82, 2.24) is 0 Å². The van der Waals surface area contributed by atoms with Crippen LogP contribution in [0, 0.1) is 0 Å². The highest BCUT2D eigenvalue weighted by molar-refractivity contribution is 9.10. The van der Waals surface area contributed by atoms with Gasteiger partial charge in [-0.1, -0.05) is 45.7 Å². The number of phenols is 1. The Balaban J connectivity index is 2.21. The summed E-state index contributed by atoms with van der Waals surface area (Å²) in [5.41, 5.74) is 0.862. The third-order valence-electron chi connectivity index (χ3n) is 3.16. The minimum Gasteiger partial charge on any atom is -0.506 e. The zero-order valence-corrected chi connectivity index (χ0v) is 15.4. The molecule has 24 heavy (non-hydrogen) atoms. The third kappa shape index (κ3) is 4.49. The fourth-order valence-electron chi connectivity index (χ4n) is 1.81. The molecule has 0 heterocycles. The maximum atomic E-state index is 12.1. The summed E-state index contributed by atoms with van der Waals surface area (Å²) in [6, 6.07) is 11.3. The van der Waals surface area contributed by atoms with Crippen molar-refractivity contribution in [2.75, 3.05) is 10.6 Å². The Morgan fingerprint density at radius 1 is 1.08 bits per heavy atom. The third-order valence-corrected chi connectivity index (χ3v) is 3.83. The summed E-state index contributed by atoms with van der Waals surface area (Å²) in [5.74, 6) is -0.892. The van der Waals surface area contributed by atoms with E-state index in [4.69, 9.17) is 11.6 Å². The average molecular weight is 412 g/mol. The summed E-state index contributed by atoms with van der Waals surface area (Å²) in [7, 11) is 0. The number of aromatic hydroxyl groups is 1. The molecule has 0 fully saturated rings. The SMILES string of the molecule is CC(C)(Br)C(=O)Nc1cc(O)c(NC(=O)c2ccccc2)cc1Cl. The van der Waals surface area contributed by atoms with Crippen LogP contribution in [-0.4, -0.2) is 21.2 Å². The second-order valence-corrected chi connectivity index (χ2v) is 7.99. The van der Waals surface area contributed by atoms with Crippen molar-refractivity contribution in [3.63, 3.8) is 0 Å². The zero-order chi connectivity index (χ0) is 17.9. The Labute approximate surface area is 153 Å². The molecule has 0 aliphatic carbocycles. The van der Waals surface area contributed by atoms with Crippen molar-refractivity contribution in [3.05, 3.63) is 53.1 Å². The van der Waals surface area contributed by atoms with Crippen LogP contribution in [0.4, 0.5) is 11.4 Å². The predicted molar refractivity (Wildman–Crippen MR) is 99.1 cm³/mol. The molecule has 2 aromatic rings. The van der Waals surface area contributed by atoms with Crippen LogP contribution >= 0.6 is 27.5 Å². The lowest BCUT2D eigenvalue weighted by atomic mass is 10.1. The number of amides is 2. The highest BCUT2D eigenvalue weighted by Gasteiger charge is 2.24. The molecule has 3 N–H and O–H groups in total. The highest BCUT2D eigenvalue weighted by Crippen LogP contribution is 2.35. The molecule has 0 atom stereocenters. The number of hydrogen-bond acceptors (Lipinski definition) is 3. The van der Waals surface area contributed by atoms with Crippen LogP contribution in [0.2, 0.25) is 5.02 Å². The predicted octanol–water partition coefficient (Wildman–Crippen LogP) is 4.41. The standard InChI is InChI=1S/C17H16BrClN2O3/c1-17(2,18)16(24)21-12-9-14(22)13(8-11(12)19)20-15(23)10-6-4-3-5-7-10/h3-9,22H,1-2H3,(H,20,23)(H,21,24). The Morgan fingerprint density at radius 3 is 2.29 bits per heavy atom. The van der Waals surface area contributed by atoms with Crippen molar-refractivity contribution >= 4 is 50.7 Å². The smallest absolute Gasteiger partial charge is 0.255 e. The van der Waals surface area contributed by atoms with E-state index in [0.29, 0.717) is 5.56 Å². The van der Waals surface area contributed by atoms with Gasteiger partial charge in [-0.05, 0) is 32.0 Å². The van der Waals surface area contributed by atoms with Crippen molar-refractivity contribution < 1.29 is 14.7 Å². The van der Waals surface area contributed by atoms with E-state index in [2.05, 4.69) is 26.6 Å². The van der Waals surface area contributed by atoms with Crippen LogP contribution in [0.3, 0.4) is 0 Å². The topological polar surface area (TPSA) is 78.4 Å². The molecule has 2 rings (SSSR count). The van der Waals surface area contributed by atoms with Gasteiger partial charge < -0.3 is 15.7 Å². The Kier molecular flexibility index (Phi) is 5.51. The van der Waals surface area contributed by atoms with Gasteiger partial charge in [-0.2, -0.15) is 0 Å².